The third-order valence-corrected chi connectivity index (χ3v) is 2.73. The smallest absolute Gasteiger partial charge is 0.222 e. The van der Waals surface area contributed by atoms with Crippen molar-refractivity contribution in [3.8, 4) is 0 Å². The van der Waals surface area contributed by atoms with Gasteiger partial charge in [-0.05, 0) is 25.4 Å². The summed E-state index contributed by atoms with van der Waals surface area (Å²) in [4.78, 5) is 15.3. The molecule has 0 spiro atoms. The van der Waals surface area contributed by atoms with Gasteiger partial charge in [-0.15, -0.1) is 0 Å². The van der Waals surface area contributed by atoms with Gasteiger partial charge in [0, 0.05) is 33.6 Å². The van der Waals surface area contributed by atoms with E-state index in [4.69, 9.17) is 5.73 Å². The molecule has 0 unspecified atom stereocenters. The van der Waals surface area contributed by atoms with Crippen LogP contribution in [0.3, 0.4) is 0 Å². The predicted octanol–water partition coefficient (Wildman–Crippen LogP) is -0.255. The van der Waals surface area contributed by atoms with E-state index in [0.29, 0.717) is 12.3 Å². The van der Waals surface area contributed by atoms with Crippen LogP contribution in [0.5, 0.6) is 0 Å². The SMILES string of the molecule is CN(C)C(=O)CCCN1CC(CN)C1. The number of rotatable bonds is 5. The standard InChI is InChI=1S/C10H21N3O/c1-12(2)10(14)4-3-5-13-7-9(6-11)8-13/h9H,3-8,11H2,1-2H3. The minimum Gasteiger partial charge on any atom is -0.349 e. The number of nitrogens with two attached hydrogens (primary N) is 1. The highest BCUT2D eigenvalue weighted by Crippen LogP contribution is 2.14. The molecule has 0 radical (unpaired) electrons. The van der Waals surface area contributed by atoms with Gasteiger partial charge in [0.2, 0.25) is 5.91 Å². The molecule has 1 aliphatic rings. The third-order valence-electron chi connectivity index (χ3n) is 2.73. The van der Waals surface area contributed by atoms with Gasteiger partial charge < -0.3 is 15.5 Å². The summed E-state index contributed by atoms with van der Waals surface area (Å²) in [6.45, 7) is 4.07. The maximum atomic E-state index is 11.2. The summed E-state index contributed by atoms with van der Waals surface area (Å²) in [7, 11) is 3.60. The Morgan fingerprint density at radius 2 is 2.14 bits per heavy atom. The quantitative estimate of drug-likeness (QED) is 0.664. The van der Waals surface area contributed by atoms with Gasteiger partial charge in [-0.2, -0.15) is 0 Å². The van der Waals surface area contributed by atoms with Gasteiger partial charge in [0.15, 0.2) is 0 Å². The van der Waals surface area contributed by atoms with Crippen LogP contribution in [0.4, 0.5) is 0 Å². The van der Waals surface area contributed by atoms with Gasteiger partial charge in [-0.3, -0.25) is 4.79 Å². The molecule has 0 saturated carbocycles. The molecule has 0 aromatic heterocycles. The molecule has 1 amide bonds. The summed E-state index contributed by atoms with van der Waals surface area (Å²) in [5.41, 5.74) is 5.53. The number of carbonyl (C=O) groups is 1. The first-order chi connectivity index (χ1) is 6.63. The van der Waals surface area contributed by atoms with Crippen LogP contribution in [0.25, 0.3) is 0 Å². The molecule has 82 valence electrons. The van der Waals surface area contributed by atoms with Crippen LogP contribution in [-0.2, 0) is 4.79 Å². The molecule has 0 atom stereocenters. The van der Waals surface area contributed by atoms with Gasteiger partial charge in [0.05, 0.1) is 0 Å². The van der Waals surface area contributed by atoms with E-state index >= 15 is 0 Å². The Balaban J connectivity index is 1.98. The Labute approximate surface area is 86.0 Å². The van der Waals surface area contributed by atoms with Gasteiger partial charge in [-0.25, -0.2) is 0 Å². The zero-order valence-corrected chi connectivity index (χ0v) is 9.20. The molecule has 1 rings (SSSR count). The van der Waals surface area contributed by atoms with E-state index in [1.54, 1.807) is 19.0 Å². The molecular weight excluding hydrogens is 178 g/mol. The first kappa shape index (κ1) is 11.5. The average molecular weight is 199 g/mol. The number of amides is 1. The molecule has 1 fully saturated rings. The van der Waals surface area contributed by atoms with Crippen LogP contribution in [-0.4, -0.2) is 56.0 Å². The highest BCUT2D eigenvalue weighted by atomic mass is 16.2. The van der Waals surface area contributed by atoms with Crippen molar-refractivity contribution in [2.24, 2.45) is 11.7 Å². The Hall–Kier alpha value is -0.610. The first-order valence-electron chi connectivity index (χ1n) is 5.26. The van der Waals surface area contributed by atoms with Crippen molar-refractivity contribution in [1.29, 1.82) is 0 Å². The fourth-order valence-corrected chi connectivity index (χ4v) is 1.69. The van der Waals surface area contributed by atoms with E-state index in [9.17, 15) is 4.79 Å². The lowest BCUT2D eigenvalue weighted by atomic mass is 10.0. The number of hydrogen-bond donors (Lipinski definition) is 1. The molecule has 1 aliphatic heterocycles. The number of nitrogens with zero attached hydrogens (tertiary/aromatic N) is 2. The first-order valence-corrected chi connectivity index (χ1v) is 5.26. The van der Waals surface area contributed by atoms with Crippen LogP contribution in [0.2, 0.25) is 0 Å². The van der Waals surface area contributed by atoms with Gasteiger partial charge in [0.25, 0.3) is 0 Å². The largest absolute Gasteiger partial charge is 0.349 e. The lowest BCUT2D eigenvalue weighted by molar-refractivity contribution is -0.128. The van der Waals surface area contributed by atoms with Gasteiger partial charge in [0.1, 0.15) is 0 Å². The summed E-state index contributed by atoms with van der Waals surface area (Å²) in [6, 6.07) is 0. The molecule has 2 N–H and O–H groups in total. The predicted molar refractivity (Wildman–Crippen MR) is 56.9 cm³/mol. The van der Waals surface area contributed by atoms with Crippen LogP contribution in [0.1, 0.15) is 12.8 Å². The normalized spacial score (nSPS) is 17.9. The minimum atomic E-state index is 0.223. The van der Waals surface area contributed by atoms with Crippen LogP contribution < -0.4 is 5.73 Å². The highest BCUT2D eigenvalue weighted by Gasteiger charge is 2.24. The fraction of sp³-hybridized carbons (Fsp3) is 0.900. The fourth-order valence-electron chi connectivity index (χ4n) is 1.69. The molecular formula is C10H21N3O. The highest BCUT2D eigenvalue weighted by molar-refractivity contribution is 5.75. The monoisotopic (exact) mass is 199 g/mol. The van der Waals surface area contributed by atoms with Crippen LogP contribution in [0, 0.1) is 5.92 Å². The zero-order chi connectivity index (χ0) is 10.6. The number of hydrogen-bond acceptors (Lipinski definition) is 3. The lowest BCUT2D eigenvalue weighted by Crippen LogP contribution is -2.50. The summed E-state index contributed by atoms with van der Waals surface area (Å²) < 4.78 is 0. The summed E-state index contributed by atoms with van der Waals surface area (Å²) >= 11 is 0. The number of carbonyl (C=O) groups excluding carboxylic acids is 1. The topological polar surface area (TPSA) is 49.6 Å². The Kier molecular flexibility index (Phi) is 4.35. The lowest BCUT2D eigenvalue weighted by Gasteiger charge is -2.38. The molecule has 4 heteroatoms. The Morgan fingerprint density at radius 3 is 2.64 bits per heavy atom. The van der Waals surface area contributed by atoms with Crippen molar-refractivity contribution in [1.82, 2.24) is 9.80 Å². The van der Waals surface area contributed by atoms with Crippen molar-refractivity contribution in [2.75, 3.05) is 40.3 Å². The number of likely N-dealkylation sites (tertiary alicyclic amines) is 1. The van der Waals surface area contributed by atoms with E-state index in [0.717, 1.165) is 32.6 Å². The average Bonchev–Trinajstić information content (AvgIpc) is 2.08. The third kappa shape index (κ3) is 3.27. The second-order valence-corrected chi connectivity index (χ2v) is 4.25. The van der Waals surface area contributed by atoms with Crippen molar-refractivity contribution >= 4 is 5.91 Å². The van der Waals surface area contributed by atoms with Crippen molar-refractivity contribution in [3.05, 3.63) is 0 Å². The van der Waals surface area contributed by atoms with E-state index in [-0.39, 0.29) is 5.91 Å². The maximum absolute atomic E-state index is 11.2. The van der Waals surface area contributed by atoms with Crippen molar-refractivity contribution in [3.63, 3.8) is 0 Å². The van der Waals surface area contributed by atoms with Crippen molar-refractivity contribution in [2.45, 2.75) is 12.8 Å². The Bertz CT molecular complexity index is 188. The summed E-state index contributed by atoms with van der Waals surface area (Å²) in [6.07, 6.45) is 1.63. The molecule has 0 aromatic rings. The minimum absolute atomic E-state index is 0.223. The molecule has 4 nitrogen and oxygen atoms in total. The summed E-state index contributed by atoms with van der Waals surface area (Å²) in [5, 5.41) is 0. The van der Waals surface area contributed by atoms with Gasteiger partial charge >= 0.3 is 0 Å². The maximum Gasteiger partial charge on any atom is 0.222 e. The Morgan fingerprint density at radius 1 is 1.50 bits per heavy atom. The molecule has 1 heterocycles. The van der Waals surface area contributed by atoms with Crippen LogP contribution in [0.15, 0.2) is 0 Å². The van der Waals surface area contributed by atoms with E-state index < -0.39 is 0 Å². The zero-order valence-electron chi connectivity index (χ0n) is 9.20. The molecule has 0 aromatic carbocycles. The van der Waals surface area contributed by atoms with E-state index in [1.807, 2.05) is 0 Å². The van der Waals surface area contributed by atoms with E-state index in [1.165, 1.54) is 0 Å². The molecule has 14 heavy (non-hydrogen) atoms. The van der Waals surface area contributed by atoms with Crippen LogP contribution >= 0.6 is 0 Å². The van der Waals surface area contributed by atoms with E-state index in [2.05, 4.69) is 4.90 Å². The molecule has 0 bridgehead atoms. The van der Waals surface area contributed by atoms with Gasteiger partial charge in [-0.1, -0.05) is 0 Å². The van der Waals surface area contributed by atoms with Crippen molar-refractivity contribution < 1.29 is 4.79 Å². The molecule has 0 aliphatic carbocycles. The second kappa shape index (κ2) is 5.32. The molecule has 1 saturated heterocycles. The second-order valence-electron chi connectivity index (χ2n) is 4.25. The summed E-state index contributed by atoms with van der Waals surface area (Å²) in [5.74, 6) is 0.917.